The SMILES string of the molecule is CN1C(=O)COc2c(CCN)cc(Br)cc21. The van der Waals surface area contributed by atoms with Gasteiger partial charge in [-0.15, -0.1) is 0 Å². The Hall–Kier alpha value is -1.07. The number of rotatable bonds is 2. The topological polar surface area (TPSA) is 55.6 Å². The number of hydrogen-bond donors (Lipinski definition) is 1. The molecule has 1 amide bonds. The molecule has 16 heavy (non-hydrogen) atoms. The number of anilines is 1. The highest BCUT2D eigenvalue weighted by molar-refractivity contribution is 9.10. The van der Waals surface area contributed by atoms with Crippen LogP contribution in [0.1, 0.15) is 5.56 Å². The highest BCUT2D eigenvalue weighted by atomic mass is 79.9. The van der Waals surface area contributed by atoms with Crippen molar-refractivity contribution in [3.05, 3.63) is 22.2 Å². The van der Waals surface area contributed by atoms with Crippen LogP contribution in [0.4, 0.5) is 5.69 Å². The molecular formula is C11H13BrN2O2. The van der Waals surface area contributed by atoms with Crippen molar-refractivity contribution in [2.45, 2.75) is 6.42 Å². The van der Waals surface area contributed by atoms with E-state index in [0.29, 0.717) is 6.54 Å². The maximum absolute atomic E-state index is 11.5. The quantitative estimate of drug-likeness (QED) is 0.891. The van der Waals surface area contributed by atoms with Gasteiger partial charge in [-0.1, -0.05) is 15.9 Å². The minimum Gasteiger partial charge on any atom is -0.481 e. The number of nitrogens with two attached hydrogens (primary N) is 1. The highest BCUT2D eigenvalue weighted by Crippen LogP contribution is 2.37. The molecule has 0 saturated carbocycles. The normalized spacial score (nSPS) is 14.7. The van der Waals surface area contributed by atoms with E-state index < -0.39 is 0 Å². The van der Waals surface area contributed by atoms with Crippen molar-refractivity contribution < 1.29 is 9.53 Å². The van der Waals surface area contributed by atoms with E-state index in [4.69, 9.17) is 10.5 Å². The minimum atomic E-state index is -0.0377. The molecule has 1 aromatic rings. The lowest BCUT2D eigenvalue weighted by Crippen LogP contribution is -2.36. The lowest BCUT2D eigenvalue weighted by atomic mass is 10.1. The standard InChI is InChI=1S/C11H13BrN2O2/c1-14-9-5-8(12)4-7(2-3-13)11(9)16-6-10(14)15/h4-5H,2-3,6,13H2,1H3. The van der Waals surface area contributed by atoms with Crippen molar-refractivity contribution in [3.63, 3.8) is 0 Å². The fraction of sp³-hybridized carbons (Fsp3) is 0.364. The second kappa shape index (κ2) is 4.43. The molecule has 1 heterocycles. The van der Waals surface area contributed by atoms with Crippen LogP contribution in [0.2, 0.25) is 0 Å². The van der Waals surface area contributed by atoms with Gasteiger partial charge in [-0.25, -0.2) is 0 Å². The molecule has 0 radical (unpaired) electrons. The molecule has 2 rings (SSSR count). The number of halogens is 1. The Balaban J connectivity index is 2.51. The maximum Gasteiger partial charge on any atom is 0.264 e. The van der Waals surface area contributed by atoms with Gasteiger partial charge < -0.3 is 15.4 Å². The van der Waals surface area contributed by atoms with Gasteiger partial charge in [-0.2, -0.15) is 0 Å². The number of nitrogens with zero attached hydrogens (tertiary/aromatic N) is 1. The van der Waals surface area contributed by atoms with E-state index in [9.17, 15) is 4.79 Å². The summed E-state index contributed by atoms with van der Waals surface area (Å²) in [6.07, 6.45) is 0.740. The Morgan fingerprint density at radius 2 is 2.31 bits per heavy atom. The van der Waals surface area contributed by atoms with Crippen LogP contribution in [0.3, 0.4) is 0 Å². The van der Waals surface area contributed by atoms with Crippen LogP contribution in [0, 0.1) is 0 Å². The average molecular weight is 285 g/mol. The first-order chi connectivity index (χ1) is 7.63. The van der Waals surface area contributed by atoms with E-state index in [-0.39, 0.29) is 12.5 Å². The number of hydrogen-bond acceptors (Lipinski definition) is 3. The van der Waals surface area contributed by atoms with Gasteiger partial charge in [-0.3, -0.25) is 4.79 Å². The van der Waals surface area contributed by atoms with Crippen LogP contribution >= 0.6 is 15.9 Å². The average Bonchev–Trinajstić information content (AvgIpc) is 2.24. The Kier molecular flexibility index (Phi) is 3.16. The van der Waals surface area contributed by atoms with Crippen LogP contribution < -0.4 is 15.4 Å². The van der Waals surface area contributed by atoms with Gasteiger partial charge in [0.05, 0.1) is 5.69 Å². The van der Waals surface area contributed by atoms with Gasteiger partial charge in [0.1, 0.15) is 5.75 Å². The largest absolute Gasteiger partial charge is 0.481 e. The molecule has 0 saturated heterocycles. The van der Waals surface area contributed by atoms with Crippen molar-refractivity contribution in [2.24, 2.45) is 5.73 Å². The first kappa shape index (κ1) is 11.4. The van der Waals surface area contributed by atoms with Gasteiger partial charge >= 0.3 is 0 Å². The lowest BCUT2D eigenvalue weighted by molar-refractivity contribution is -0.121. The summed E-state index contributed by atoms with van der Waals surface area (Å²) in [7, 11) is 1.75. The molecule has 1 aliphatic rings. The summed E-state index contributed by atoms with van der Waals surface area (Å²) >= 11 is 3.42. The Labute approximate surface area is 102 Å². The van der Waals surface area contributed by atoms with E-state index >= 15 is 0 Å². The monoisotopic (exact) mass is 284 g/mol. The molecule has 0 fully saturated rings. The highest BCUT2D eigenvalue weighted by Gasteiger charge is 2.24. The third-order valence-corrected chi connectivity index (χ3v) is 3.06. The van der Waals surface area contributed by atoms with Crippen molar-refractivity contribution in [1.82, 2.24) is 0 Å². The predicted molar refractivity (Wildman–Crippen MR) is 65.8 cm³/mol. The molecule has 0 atom stereocenters. The third kappa shape index (κ3) is 1.92. The summed E-state index contributed by atoms with van der Waals surface area (Å²) in [6.45, 7) is 0.659. The number of carbonyl (C=O) groups excluding carboxylic acids is 1. The summed E-state index contributed by atoms with van der Waals surface area (Å²) in [4.78, 5) is 13.1. The number of amides is 1. The molecule has 0 spiro atoms. The fourth-order valence-electron chi connectivity index (χ4n) is 1.76. The fourth-order valence-corrected chi connectivity index (χ4v) is 2.25. The van der Waals surface area contributed by atoms with Crippen molar-refractivity contribution in [3.8, 4) is 5.75 Å². The summed E-state index contributed by atoms with van der Waals surface area (Å²) in [5.74, 6) is 0.736. The maximum atomic E-state index is 11.5. The Bertz CT molecular complexity index is 434. The number of ether oxygens (including phenoxy) is 1. The summed E-state index contributed by atoms with van der Waals surface area (Å²) in [5, 5.41) is 0. The van der Waals surface area contributed by atoms with Gasteiger partial charge in [0.2, 0.25) is 0 Å². The molecule has 5 heteroatoms. The van der Waals surface area contributed by atoms with E-state index in [0.717, 1.165) is 27.9 Å². The van der Waals surface area contributed by atoms with Crippen molar-refractivity contribution in [1.29, 1.82) is 0 Å². The zero-order valence-electron chi connectivity index (χ0n) is 9.00. The Morgan fingerprint density at radius 1 is 1.56 bits per heavy atom. The van der Waals surface area contributed by atoms with E-state index in [1.54, 1.807) is 11.9 Å². The van der Waals surface area contributed by atoms with Crippen molar-refractivity contribution >= 4 is 27.5 Å². The zero-order valence-corrected chi connectivity index (χ0v) is 10.6. The molecule has 1 aromatic carbocycles. The summed E-state index contributed by atoms with van der Waals surface area (Å²) in [5.41, 5.74) is 7.39. The second-order valence-corrected chi connectivity index (χ2v) is 4.61. The molecule has 0 bridgehead atoms. The van der Waals surface area contributed by atoms with Crippen LogP contribution in [-0.4, -0.2) is 26.1 Å². The Morgan fingerprint density at radius 3 is 3.00 bits per heavy atom. The van der Waals surface area contributed by atoms with Gasteiger partial charge in [0.15, 0.2) is 6.61 Å². The molecule has 1 aliphatic heterocycles. The van der Waals surface area contributed by atoms with Crippen LogP contribution in [0.5, 0.6) is 5.75 Å². The second-order valence-electron chi connectivity index (χ2n) is 3.69. The van der Waals surface area contributed by atoms with Gasteiger partial charge in [-0.05, 0) is 30.7 Å². The molecule has 0 aliphatic carbocycles. The molecule has 0 unspecified atom stereocenters. The minimum absolute atomic E-state index is 0.0377. The lowest BCUT2D eigenvalue weighted by Gasteiger charge is -2.28. The van der Waals surface area contributed by atoms with Gasteiger partial charge in [0, 0.05) is 11.5 Å². The zero-order chi connectivity index (χ0) is 11.7. The molecule has 0 aromatic heterocycles. The number of benzene rings is 1. The summed E-state index contributed by atoms with van der Waals surface area (Å²) < 4.78 is 6.41. The molecule has 4 nitrogen and oxygen atoms in total. The first-order valence-corrected chi connectivity index (χ1v) is 5.84. The van der Waals surface area contributed by atoms with Crippen LogP contribution in [0.15, 0.2) is 16.6 Å². The predicted octanol–water partition coefficient (Wildman–Crippen LogP) is 1.31. The number of likely N-dealkylation sites (N-methyl/N-ethyl adjacent to an activating group) is 1. The molecule has 86 valence electrons. The number of fused-ring (bicyclic) bond motifs is 1. The van der Waals surface area contributed by atoms with Gasteiger partial charge in [0.25, 0.3) is 5.91 Å². The smallest absolute Gasteiger partial charge is 0.264 e. The number of carbonyl (C=O) groups is 1. The summed E-state index contributed by atoms with van der Waals surface area (Å²) in [6, 6.07) is 3.86. The van der Waals surface area contributed by atoms with E-state index in [1.807, 2.05) is 12.1 Å². The van der Waals surface area contributed by atoms with E-state index in [1.165, 1.54) is 0 Å². The third-order valence-electron chi connectivity index (χ3n) is 2.60. The molecular weight excluding hydrogens is 272 g/mol. The van der Waals surface area contributed by atoms with Crippen LogP contribution in [0.25, 0.3) is 0 Å². The van der Waals surface area contributed by atoms with Crippen molar-refractivity contribution in [2.75, 3.05) is 25.1 Å². The first-order valence-electron chi connectivity index (χ1n) is 5.05. The van der Waals surface area contributed by atoms with E-state index in [2.05, 4.69) is 15.9 Å². The molecule has 2 N–H and O–H groups in total. The van der Waals surface area contributed by atoms with Crippen LogP contribution in [-0.2, 0) is 11.2 Å².